The van der Waals surface area contributed by atoms with Gasteiger partial charge in [0.1, 0.15) is 11.9 Å². The van der Waals surface area contributed by atoms with E-state index >= 15 is 0 Å². The quantitative estimate of drug-likeness (QED) is 0.221. The van der Waals surface area contributed by atoms with Crippen LogP contribution in [-0.4, -0.2) is 28.7 Å². The maximum Gasteiger partial charge on any atom is 0.265 e. The third-order valence-electron chi connectivity index (χ3n) is 4.14. The lowest BCUT2D eigenvalue weighted by Crippen LogP contribution is -2.38. The molecule has 27 heavy (non-hydrogen) atoms. The number of hydrogen-bond acceptors (Lipinski definition) is 5. The number of carbonyl (C=O) groups is 1. The van der Waals surface area contributed by atoms with Crippen molar-refractivity contribution >= 4 is 11.6 Å². The van der Waals surface area contributed by atoms with Crippen LogP contribution in [0.1, 0.15) is 30.4 Å². The van der Waals surface area contributed by atoms with Crippen LogP contribution in [0, 0.1) is 18.7 Å². The predicted molar refractivity (Wildman–Crippen MR) is 98.2 cm³/mol. The summed E-state index contributed by atoms with van der Waals surface area (Å²) in [6, 6.07) is 6.87. The number of carbonyl (C=O) groups excluding carboxylic acids is 1. The standard InChI is InChI=1S/C19H24F2N4O2/c1-13-10-15(6-7-16(13)20)24-17(19(26)25-27)4-2-3-9-22-11-14-5-8-18(21)23-12-14/h5-8,10,12,17,22,24,27H,2-4,9,11H2,1H3,(H,25,26)/t17-/m1/s1. The van der Waals surface area contributed by atoms with Gasteiger partial charge in [0.05, 0.1) is 0 Å². The van der Waals surface area contributed by atoms with Gasteiger partial charge in [-0.25, -0.2) is 14.9 Å². The molecule has 0 saturated heterocycles. The average molecular weight is 378 g/mol. The molecule has 1 heterocycles. The van der Waals surface area contributed by atoms with Crippen LogP contribution in [0.25, 0.3) is 0 Å². The molecule has 0 aliphatic rings. The van der Waals surface area contributed by atoms with Crippen molar-refractivity contribution in [2.24, 2.45) is 0 Å². The minimum atomic E-state index is -0.624. The summed E-state index contributed by atoms with van der Waals surface area (Å²) in [5.74, 6) is -1.36. The molecule has 0 aliphatic heterocycles. The molecule has 0 radical (unpaired) electrons. The highest BCUT2D eigenvalue weighted by atomic mass is 19.1. The first-order valence-corrected chi connectivity index (χ1v) is 8.77. The summed E-state index contributed by atoms with van der Waals surface area (Å²) in [5.41, 5.74) is 3.64. The van der Waals surface area contributed by atoms with Gasteiger partial charge in [-0.3, -0.25) is 10.0 Å². The number of aromatic nitrogens is 1. The van der Waals surface area contributed by atoms with Gasteiger partial charge in [-0.15, -0.1) is 0 Å². The first-order chi connectivity index (χ1) is 13.0. The summed E-state index contributed by atoms with van der Waals surface area (Å²) in [7, 11) is 0. The van der Waals surface area contributed by atoms with E-state index in [1.54, 1.807) is 30.6 Å². The maximum absolute atomic E-state index is 13.3. The molecule has 0 saturated carbocycles. The monoisotopic (exact) mass is 378 g/mol. The molecular weight excluding hydrogens is 354 g/mol. The Kier molecular flexibility index (Phi) is 8.09. The second-order valence-corrected chi connectivity index (χ2v) is 6.30. The van der Waals surface area contributed by atoms with Gasteiger partial charge in [0.15, 0.2) is 0 Å². The molecule has 0 unspecified atom stereocenters. The van der Waals surface area contributed by atoms with E-state index in [9.17, 15) is 13.6 Å². The lowest BCUT2D eigenvalue weighted by Gasteiger charge is -2.18. The minimum Gasteiger partial charge on any atom is -0.374 e. The number of halogens is 2. The molecule has 0 bridgehead atoms. The summed E-state index contributed by atoms with van der Waals surface area (Å²) in [4.78, 5) is 15.4. The van der Waals surface area contributed by atoms with Gasteiger partial charge < -0.3 is 10.6 Å². The highest BCUT2D eigenvalue weighted by molar-refractivity contribution is 5.83. The van der Waals surface area contributed by atoms with Crippen molar-refractivity contribution in [1.29, 1.82) is 0 Å². The summed E-state index contributed by atoms with van der Waals surface area (Å²) < 4.78 is 26.1. The summed E-state index contributed by atoms with van der Waals surface area (Å²) in [6.07, 6.45) is 3.54. The highest BCUT2D eigenvalue weighted by Gasteiger charge is 2.17. The third-order valence-corrected chi connectivity index (χ3v) is 4.14. The minimum absolute atomic E-state index is 0.314. The van der Waals surface area contributed by atoms with E-state index in [0.717, 1.165) is 24.9 Å². The van der Waals surface area contributed by atoms with Crippen molar-refractivity contribution in [3.63, 3.8) is 0 Å². The zero-order chi connectivity index (χ0) is 19.6. The molecule has 1 atom stereocenters. The number of hydroxylamine groups is 1. The fourth-order valence-electron chi connectivity index (χ4n) is 2.62. The largest absolute Gasteiger partial charge is 0.374 e. The van der Waals surface area contributed by atoms with Gasteiger partial charge in [-0.2, -0.15) is 4.39 Å². The van der Waals surface area contributed by atoms with Crippen LogP contribution < -0.4 is 16.1 Å². The Hall–Kier alpha value is -2.58. The number of unbranched alkanes of at least 4 members (excludes halogenated alkanes) is 1. The molecular formula is C19H24F2N4O2. The Labute approximate surface area is 157 Å². The van der Waals surface area contributed by atoms with Crippen molar-refractivity contribution in [2.45, 2.75) is 38.8 Å². The average Bonchev–Trinajstić information content (AvgIpc) is 2.67. The molecule has 6 nitrogen and oxygen atoms in total. The molecule has 0 aliphatic carbocycles. The molecule has 2 aromatic rings. The highest BCUT2D eigenvalue weighted by Crippen LogP contribution is 2.16. The van der Waals surface area contributed by atoms with Gasteiger partial charge in [0, 0.05) is 18.4 Å². The van der Waals surface area contributed by atoms with E-state index in [0.29, 0.717) is 24.2 Å². The van der Waals surface area contributed by atoms with Gasteiger partial charge in [-0.1, -0.05) is 6.07 Å². The number of rotatable bonds is 10. The summed E-state index contributed by atoms with van der Waals surface area (Å²) in [5, 5.41) is 15.2. The number of nitrogens with one attached hydrogen (secondary N) is 3. The molecule has 4 N–H and O–H groups in total. The lowest BCUT2D eigenvalue weighted by molar-refractivity contribution is -0.130. The Morgan fingerprint density at radius 2 is 2.04 bits per heavy atom. The zero-order valence-electron chi connectivity index (χ0n) is 15.1. The SMILES string of the molecule is Cc1cc(N[C@H](CCCCNCc2ccc(F)nc2)C(=O)NO)ccc1F. The van der Waals surface area contributed by atoms with Crippen LogP contribution in [0.5, 0.6) is 0 Å². The molecule has 1 aromatic carbocycles. The van der Waals surface area contributed by atoms with Crippen LogP contribution in [0.2, 0.25) is 0 Å². The fraction of sp³-hybridized carbons (Fsp3) is 0.368. The Balaban J connectivity index is 1.74. The van der Waals surface area contributed by atoms with E-state index in [2.05, 4.69) is 15.6 Å². The molecule has 0 fully saturated rings. The van der Waals surface area contributed by atoms with Crippen LogP contribution in [-0.2, 0) is 11.3 Å². The fourth-order valence-corrected chi connectivity index (χ4v) is 2.62. The Bertz CT molecular complexity index is 741. The number of aryl methyl sites for hydroxylation is 1. The van der Waals surface area contributed by atoms with Crippen molar-refractivity contribution in [3.05, 3.63) is 59.4 Å². The smallest absolute Gasteiger partial charge is 0.265 e. The van der Waals surface area contributed by atoms with Gasteiger partial charge in [-0.05, 0) is 68.1 Å². The van der Waals surface area contributed by atoms with Gasteiger partial charge in [0.25, 0.3) is 5.91 Å². The molecule has 2 rings (SSSR count). The van der Waals surface area contributed by atoms with Gasteiger partial charge in [0.2, 0.25) is 5.95 Å². The molecule has 8 heteroatoms. The van der Waals surface area contributed by atoms with Crippen molar-refractivity contribution < 1.29 is 18.8 Å². The van der Waals surface area contributed by atoms with E-state index in [1.807, 2.05) is 0 Å². The van der Waals surface area contributed by atoms with Crippen LogP contribution >= 0.6 is 0 Å². The van der Waals surface area contributed by atoms with E-state index in [4.69, 9.17) is 5.21 Å². The molecule has 1 aromatic heterocycles. The number of benzene rings is 1. The Morgan fingerprint density at radius 3 is 2.70 bits per heavy atom. The van der Waals surface area contributed by atoms with Crippen molar-refractivity contribution in [2.75, 3.05) is 11.9 Å². The normalized spacial score (nSPS) is 11.9. The van der Waals surface area contributed by atoms with Crippen LogP contribution in [0.15, 0.2) is 36.5 Å². The molecule has 1 amide bonds. The van der Waals surface area contributed by atoms with Crippen LogP contribution in [0.3, 0.4) is 0 Å². The number of pyridine rings is 1. The number of amides is 1. The van der Waals surface area contributed by atoms with Crippen LogP contribution in [0.4, 0.5) is 14.5 Å². The zero-order valence-corrected chi connectivity index (χ0v) is 15.1. The number of nitrogens with zero attached hydrogens (tertiary/aromatic N) is 1. The molecule has 146 valence electrons. The predicted octanol–water partition coefficient (Wildman–Crippen LogP) is 2.91. The lowest BCUT2D eigenvalue weighted by atomic mass is 10.1. The second kappa shape index (κ2) is 10.5. The van der Waals surface area contributed by atoms with Crippen molar-refractivity contribution in [3.8, 4) is 0 Å². The van der Waals surface area contributed by atoms with E-state index in [1.165, 1.54) is 18.3 Å². The summed E-state index contributed by atoms with van der Waals surface area (Å²) >= 11 is 0. The first-order valence-electron chi connectivity index (χ1n) is 8.77. The third kappa shape index (κ3) is 6.92. The molecule has 0 spiro atoms. The second-order valence-electron chi connectivity index (χ2n) is 6.30. The van der Waals surface area contributed by atoms with Crippen molar-refractivity contribution in [1.82, 2.24) is 15.8 Å². The first kappa shape index (κ1) is 20.7. The van der Waals surface area contributed by atoms with Gasteiger partial charge >= 0.3 is 0 Å². The maximum atomic E-state index is 13.3. The topological polar surface area (TPSA) is 86.3 Å². The number of anilines is 1. The Morgan fingerprint density at radius 1 is 1.22 bits per heavy atom. The summed E-state index contributed by atoms with van der Waals surface area (Å²) in [6.45, 7) is 2.95. The van der Waals surface area contributed by atoms with E-state index in [-0.39, 0.29) is 5.82 Å². The number of hydrogen-bond donors (Lipinski definition) is 4. The van der Waals surface area contributed by atoms with E-state index < -0.39 is 17.9 Å².